The van der Waals surface area contributed by atoms with Crippen LogP contribution in [-0.4, -0.2) is 46.6 Å². The largest absolute Gasteiger partial charge is 0.383 e. The molecule has 0 saturated carbocycles. The molecule has 0 amide bonds. The zero-order valence-corrected chi connectivity index (χ0v) is 15.1. The highest BCUT2D eigenvalue weighted by Gasteiger charge is 2.29. The van der Waals surface area contributed by atoms with Crippen LogP contribution in [0.1, 0.15) is 25.0 Å². The Morgan fingerprint density at radius 3 is 2.67 bits per heavy atom. The predicted octanol–water partition coefficient (Wildman–Crippen LogP) is 2.06. The molecule has 7 nitrogen and oxygen atoms in total. The molecular weight excluding hydrogens is 334 g/mol. The maximum Gasteiger partial charge on any atom is 0.296 e. The quantitative estimate of drug-likeness (QED) is 0.417. The molecule has 0 aliphatic carbocycles. The van der Waals surface area contributed by atoms with Gasteiger partial charge in [0.25, 0.3) is 10.1 Å². The molecule has 0 unspecified atom stereocenters. The number of methoxy groups -OCH3 is 1. The van der Waals surface area contributed by atoms with Crippen molar-refractivity contribution in [2.75, 3.05) is 39.0 Å². The number of benzene rings is 1. The van der Waals surface area contributed by atoms with E-state index < -0.39 is 10.1 Å². The van der Waals surface area contributed by atoms with Crippen molar-refractivity contribution in [2.45, 2.75) is 31.8 Å². The van der Waals surface area contributed by atoms with Gasteiger partial charge in [0.2, 0.25) is 0 Å². The molecule has 0 radical (unpaired) electrons. The van der Waals surface area contributed by atoms with Crippen molar-refractivity contribution < 1.29 is 27.2 Å². The van der Waals surface area contributed by atoms with Gasteiger partial charge < -0.3 is 19.5 Å². The van der Waals surface area contributed by atoms with Gasteiger partial charge in [0, 0.05) is 13.7 Å². The molecule has 1 aromatic carbocycles. The van der Waals surface area contributed by atoms with E-state index in [1.165, 1.54) is 6.07 Å². The third-order valence-electron chi connectivity index (χ3n) is 3.80. The van der Waals surface area contributed by atoms with Gasteiger partial charge >= 0.3 is 0 Å². The maximum absolute atomic E-state index is 11.7. The van der Waals surface area contributed by atoms with Gasteiger partial charge in [0.05, 0.1) is 25.5 Å². The lowest BCUT2D eigenvalue weighted by Crippen LogP contribution is -2.31. The van der Waals surface area contributed by atoms with E-state index in [1.54, 1.807) is 7.11 Å². The van der Waals surface area contributed by atoms with Crippen LogP contribution in [0.2, 0.25) is 0 Å². The second-order valence-corrected chi connectivity index (χ2v) is 8.06. The monoisotopic (exact) mass is 359 g/mol. The summed E-state index contributed by atoms with van der Waals surface area (Å²) in [6.07, 6.45) is 0.718. The first-order valence-electron chi connectivity index (χ1n) is 7.74. The highest BCUT2D eigenvalue weighted by Crippen LogP contribution is 2.37. The van der Waals surface area contributed by atoms with Gasteiger partial charge in [0.1, 0.15) is 11.7 Å². The highest BCUT2D eigenvalue weighted by molar-refractivity contribution is 7.86. The number of anilines is 1. The lowest BCUT2D eigenvalue weighted by atomic mass is 9.82. The molecule has 2 N–H and O–H groups in total. The van der Waals surface area contributed by atoms with E-state index >= 15 is 0 Å². The molecule has 2 rings (SSSR count). The second kappa shape index (κ2) is 7.79. The van der Waals surface area contributed by atoms with Gasteiger partial charge in [0.15, 0.2) is 0 Å². The first-order valence-corrected chi connectivity index (χ1v) is 9.18. The van der Waals surface area contributed by atoms with Gasteiger partial charge in [-0.1, -0.05) is 19.9 Å². The first-order chi connectivity index (χ1) is 11.2. The number of ether oxygens (including phenoxy) is 3. The van der Waals surface area contributed by atoms with Gasteiger partial charge in [-0.05, 0) is 29.0 Å². The van der Waals surface area contributed by atoms with Crippen molar-refractivity contribution in [3.8, 4) is 0 Å². The van der Waals surface area contributed by atoms with Crippen molar-refractivity contribution in [1.82, 2.24) is 0 Å². The van der Waals surface area contributed by atoms with Crippen molar-refractivity contribution in [1.29, 1.82) is 0 Å². The van der Waals surface area contributed by atoms with Crippen LogP contribution in [0.15, 0.2) is 17.0 Å². The van der Waals surface area contributed by atoms with E-state index in [2.05, 4.69) is 19.2 Å². The number of nitrogens with one attached hydrogen (secondary N) is 1. The fourth-order valence-electron chi connectivity index (χ4n) is 2.69. The summed E-state index contributed by atoms with van der Waals surface area (Å²) in [5.41, 5.74) is 2.03. The van der Waals surface area contributed by atoms with Crippen molar-refractivity contribution in [3.05, 3.63) is 23.3 Å². The van der Waals surface area contributed by atoms with Crippen LogP contribution in [0, 0.1) is 5.41 Å². The molecular formula is C16H25NO6S. The van der Waals surface area contributed by atoms with Crippen LogP contribution in [-0.2, 0) is 37.4 Å². The van der Waals surface area contributed by atoms with Crippen molar-refractivity contribution in [3.63, 3.8) is 0 Å². The van der Waals surface area contributed by atoms with Crippen LogP contribution in [0.4, 0.5) is 5.69 Å². The molecule has 1 aliphatic rings. The number of hydrogen-bond donors (Lipinski definition) is 2. The Kier molecular flexibility index (Phi) is 6.22. The standard InChI is InChI=1S/C16H25NO6S/c1-16(2)8-13-6-12(9-23-11-22-5-4-21-3)7-14(24(18,19)20)15(13)17-10-16/h6-7,17H,4-5,8-11H2,1-3H3,(H,18,19,20). The average Bonchev–Trinajstić information content (AvgIpc) is 2.47. The summed E-state index contributed by atoms with van der Waals surface area (Å²) in [6, 6.07) is 3.35. The summed E-state index contributed by atoms with van der Waals surface area (Å²) in [4.78, 5) is -0.102. The lowest BCUT2D eigenvalue weighted by molar-refractivity contribution is -0.0725. The van der Waals surface area contributed by atoms with Crippen molar-refractivity contribution in [2.24, 2.45) is 5.41 Å². The van der Waals surface area contributed by atoms with E-state index in [0.717, 1.165) is 12.0 Å². The first kappa shape index (κ1) is 19.1. The molecule has 24 heavy (non-hydrogen) atoms. The third kappa shape index (κ3) is 5.15. The van der Waals surface area contributed by atoms with Gasteiger partial charge in [-0.15, -0.1) is 0 Å². The Morgan fingerprint density at radius 2 is 2.00 bits per heavy atom. The summed E-state index contributed by atoms with van der Waals surface area (Å²) in [7, 11) is -2.73. The molecule has 0 atom stereocenters. The van der Waals surface area contributed by atoms with E-state index in [-0.39, 0.29) is 23.7 Å². The lowest BCUT2D eigenvalue weighted by Gasteiger charge is -2.33. The van der Waals surface area contributed by atoms with Crippen LogP contribution < -0.4 is 5.32 Å². The highest BCUT2D eigenvalue weighted by atomic mass is 32.2. The molecule has 1 aliphatic heterocycles. The Balaban J connectivity index is 2.15. The van der Waals surface area contributed by atoms with E-state index in [4.69, 9.17) is 14.2 Å². The van der Waals surface area contributed by atoms with Crippen LogP contribution in [0.5, 0.6) is 0 Å². The fraction of sp³-hybridized carbons (Fsp3) is 0.625. The molecule has 1 heterocycles. The Hall–Kier alpha value is -1.19. The van der Waals surface area contributed by atoms with Gasteiger partial charge in [-0.2, -0.15) is 8.42 Å². The second-order valence-electron chi connectivity index (χ2n) is 6.67. The van der Waals surface area contributed by atoms with Crippen LogP contribution in [0.3, 0.4) is 0 Å². The summed E-state index contributed by atoms with van der Waals surface area (Å²) in [6.45, 7) is 6.04. The smallest absolute Gasteiger partial charge is 0.296 e. The molecule has 0 saturated heterocycles. The average molecular weight is 359 g/mol. The van der Waals surface area contributed by atoms with E-state index in [1.807, 2.05) is 6.07 Å². The zero-order valence-electron chi connectivity index (χ0n) is 14.3. The summed E-state index contributed by atoms with van der Waals surface area (Å²) in [5, 5.41) is 3.13. The van der Waals surface area contributed by atoms with Gasteiger partial charge in [-0.25, -0.2) is 0 Å². The van der Waals surface area contributed by atoms with Gasteiger partial charge in [-0.3, -0.25) is 4.55 Å². The zero-order chi connectivity index (χ0) is 17.8. The topological polar surface area (TPSA) is 94.1 Å². The molecule has 0 aromatic heterocycles. The fourth-order valence-corrected chi connectivity index (χ4v) is 3.45. The molecule has 0 fully saturated rings. The minimum Gasteiger partial charge on any atom is -0.383 e. The summed E-state index contributed by atoms with van der Waals surface area (Å²) in [5.74, 6) is 0. The van der Waals surface area contributed by atoms with Crippen LogP contribution in [0.25, 0.3) is 0 Å². The number of rotatable bonds is 8. The van der Waals surface area contributed by atoms with Crippen molar-refractivity contribution >= 4 is 15.8 Å². The van der Waals surface area contributed by atoms with Crippen LogP contribution >= 0.6 is 0 Å². The predicted molar refractivity (Wildman–Crippen MR) is 89.7 cm³/mol. The Labute approximate surface area is 143 Å². The minimum atomic E-state index is -4.31. The Morgan fingerprint density at radius 1 is 1.25 bits per heavy atom. The minimum absolute atomic E-state index is 0.00618. The van der Waals surface area contributed by atoms with E-state index in [9.17, 15) is 13.0 Å². The maximum atomic E-state index is 11.7. The molecule has 136 valence electrons. The van der Waals surface area contributed by atoms with E-state index in [0.29, 0.717) is 31.0 Å². The Bertz CT molecular complexity index is 671. The third-order valence-corrected chi connectivity index (χ3v) is 4.68. The summed E-state index contributed by atoms with van der Waals surface area (Å²) < 4.78 is 48.4. The summed E-state index contributed by atoms with van der Waals surface area (Å²) >= 11 is 0. The molecule has 1 aromatic rings. The number of fused-ring (bicyclic) bond motifs is 1. The molecule has 0 spiro atoms. The normalized spacial score (nSPS) is 16.5. The molecule has 8 heteroatoms. The number of hydrogen-bond acceptors (Lipinski definition) is 6. The SMILES string of the molecule is COCCOCOCc1cc2c(c(S(=O)(=O)O)c1)NCC(C)(C)C2. The molecule has 0 bridgehead atoms.